The van der Waals surface area contributed by atoms with Gasteiger partial charge in [-0.2, -0.15) is 10.2 Å². The molecule has 3 heterocycles. The van der Waals surface area contributed by atoms with Gasteiger partial charge in [0.1, 0.15) is 0 Å². The SMILES string of the molecule is Cc1cncn(CC2CCN(Cc3cccnn3)CC2)c1=O. The number of hydrogen-bond acceptors (Lipinski definition) is 5. The zero-order chi connectivity index (χ0) is 15.4. The third kappa shape index (κ3) is 3.57. The van der Waals surface area contributed by atoms with Gasteiger partial charge in [-0.15, -0.1) is 0 Å². The highest BCUT2D eigenvalue weighted by atomic mass is 16.1. The van der Waals surface area contributed by atoms with Crippen molar-refractivity contribution in [3.8, 4) is 0 Å². The second kappa shape index (κ2) is 6.79. The lowest BCUT2D eigenvalue weighted by Gasteiger charge is -2.31. The van der Waals surface area contributed by atoms with Crippen molar-refractivity contribution in [1.82, 2.24) is 24.6 Å². The molecule has 1 aliphatic rings. The van der Waals surface area contributed by atoms with Crippen LogP contribution in [0.25, 0.3) is 0 Å². The van der Waals surface area contributed by atoms with Gasteiger partial charge in [0.2, 0.25) is 0 Å². The lowest BCUT2D eigenvalue weighted by Crippen LogP contribution is -2.36. The Morgan fingerprint density at radius 1 is 1.32 bits per heavy atom. The van der Waals surface area contributed by atoms with Crippen LogP contribution in [-0.2, 0) is 13.1 Å². The van der Waals surface area contributed by atoms with Gasteiger partial charge in [0, 0.05) is 31.0 Å². The van der Waals surface area contributed by atoms with E-state index in [9.17, 15) is 4.79 Å². The van der Waals surface area contributed by atoms with E-state index in [1.807, 2.05) is 19.1 Å². The van der Waals surface area contributed by atoms with Crippen molar-refractivity contribution in [2.45, 2.75) is 32.9 Å². The predicted molar refractivity (Wildman–Crippen MR) is 83.3 cm³/mol. The average Bonchev–Trinajstić information content (AvgIpc) is 2.55. The number of nitrogens with zero attached hydrogens (tertiary/aromatic N) is 5. The Kier molecular flexibility index (Phi) is 4.58. The molecule has 2 aromatic heterocycles. The molecular formula is C16H21N5O. The molecule has 0 aromatic carbocycles. The summed E-state index contributed by atoms with van der Waals surface area (Å²) in [6.07, 6.45) is 7.17. The molecule has 0 aliphatic carbocycles. The topological polar surface area (TPSA) is 63.9 Å². The molecule has 6 heteroatoms. The summed E-state index contributed by atoms with van der Waals surface area (Å²) in [5, 5.41) is 8.05. The highest BCUT2D eigenvalue weighted by Gasteiger charge is 2.20. The maximum atomic E-state index is 12.0. The minimum absolute atomic E-state index is 0.0805. The molecule has 1 saturated heterocycles. The van der Waals surface area contributed by atoms with E-state index in [1.165, 1.54) is 0 Å². The third-order valence-corrected chi connectivity index (χ3v) is 4.25. The van der Waals surface area contributed by atoms with E-state index in [-0.39, 0.29) is 5.56 Å². The molecule has 0 radical (unpaired) electrons. The number of rotatable bonds is 4. The van der Waals surface area contributed by atoms with E-state index in [1.54, 1.807) is 23.3 Å². The fourth-order valence-corrected chi connectivity index (χ4v) is 2.94. The Hall–Kier alpha value is -2.08. The van der Waals surface area contributed by atoms with Gasteiger partial charge in [-0.1, -0.05) is 0 Å². The summed E-state index contributed by atoms with van der Waals surface area (Å²) in [7, 11) is 0. The lowest BCUT2D eigenvalue weighted by atomic mass is 9.96. The Balaban J connectivity index is 1.54. The molecule has 2 aromatic rings. The average molecular weight is 299 g/mol. The zero-order valence-corrected chi connectivity index (χ0v) is 12.9. The lowest BCUT2D eigenvalue weighted by molar-refractivity contribution is 0.164. The molecule has 0 spiro atoms. The van der Waals surface area contributed by atoms with Crippen LogP contribution in [0.3, 0.4) is 0 Å². The fraction of sp³-hybridized carbons (Fsp3) is 0.500. The van der Waals surface area contributed by atoms with Gasteiger partial charge < -0.3 is 0 Å². The number of aromatic nitrogens is 4. The van der Waals surface area contributed by atoms with Gasteiger partial charge in [0.25, 0.3) is 5.56 Å². The molecule has 22 heavy (non-hydrogen) atoms. The molecule has 1 aliphatic heterocycles. The number of aryl methyl sites for hydroxylation is 1. The molecule has 1 fully saturated rings. The molecular weight excluding hydrogens is 278 g/mol. The van der Waals surface area contributed by atoms with Crippen LogP contribution in [0.5, 0.6) is 0 Å². The molecule has 0 unspecified atom stereocenters. The zero-order valence-electron chi connectivity index (χ0n) is 12.9. The van der Waals surface area contributed by atoms with E-state index in [0.29, 0.717) is 11.5 Å². The van der Waals surface area contributed by atoms with Gasteiger partial charge in [-0.05, 0) is 50.9 Å². The molecule has 0 bridgehead atoms. The Bertz CT molecular complexity index is 662. The van der Waals surface area contributed by atoms with Crippen LogP contribution in [0.1, 0.15) is 24.1 Å². The van der Waals surface area contributed by atoms with Gasteiger partial charge >= 0.3 is 0 Å². The van der Waals surface area contributed by atoms with Crippen molar-refractivity contribution in [1.29, 1.82) is 0 Å². The highest BCUT2D eigenvalue weighted by molar-refractivity contribution is 5.01. The monoisotopic (exact) mass is 299 g/mol. The van der Waals surface area contributed by atoms with E-state index in [2.05, 4.69) is 20.1 Å². The van der Waals surface area contributed by atoms with Gasteiger partial charge in [-0.3, -0.25) is 14.3 Å². The summed E-state index contributed by atoms with van der Waals surface area (Å²) < 4.78 is 1.75. The summed E-state index contributed by atoms with van der Waals surface area (Å²) in [6, 6.07) is 3.93. The Labute approximate surface area is 129 Å². The Morgan fingerprint density at radius 2 is 2.14 bits per heavy atom. The van der Waals surface area contributed by atoms with E-state index >= 15 is 0 Å². The van der Waals surface area contributed by atoms with Gasteiger partial charge in [-0.25, -0.2) is 4.98 Å². The van der Waals surface area contributed by atoms with Crippen LogP contribution >= 0.6 is 0 Å². The van der Waals surface area contributed by atoms with Gasteiger partial charge in [0.05, 0.1) is 12.0 Å². The summed E-state index contributed by atoms with van der Waals surface area (Å²) in [5.41, 5.74) is 1.81. The molecule has 0 N–H and O–H groups in total. The van der Waals surface area contributed by atoms with Crippen molar-refractivity contribution in [3.63, 3.8) is 0 Å². The molecule has 0 atom stereocenters. The summed E-state index contributed by atoms with van der Waals surface area (Å²) >= 11 is 0. The minimum atomic E-state index is 0.0805. The number of piperidine rings is 1. The van der Waals surface area contributed by atoms with Crippen LogP contribution in [0, 0.1) is 12.8 Å². The smallest absolute Gasteiger partial charge is 0.256 e. The van der Waals surface area contributed by atoms with Crippen molar-refractivity contribution >= 4 is 0 Å². The third-order valence-electron chi connectivity index (χ3n) is 4.25. The van der Waals surface area contributed by atoms with E-state index in [4.69, 9.17) is 0 Å². The van der Waals surface area contributed by atoms with Crippen molar-refractivity contribution < 1.29 is 0 Å². The maximum absolute atomic E-state index is 12.0. The minimum Gasteiger partial charge on any atom is -0.299 e. The Morgan fingerprint density at radius 3 is 2.86 bits per heavy atom. The van der Waals surface area contributed by atoms with E-state index in [0.717, 1.165) is 44.7 Å². The second-order valence-electron chi connectivity index (χ2n) is 5.97. The first-order valence-corrected chi connectivity index (χ1v) is 7.72. The largest absolute Gasteiger partial charge is 0.299 e. The molecule has 116 valence electrons. The van der Waals surface area contributed by atoms with Crippen molar-refractivity contribution in [2.24, 2.45) is 5.92 Å². The standard InChI is InChI=1S/C16H21N5O/c1-13-9-17-12-21(16(13)22)10-14-4-7-20(8-5-14)11-15-3-2-6-18-19-15/h2-3,6,9,12,14H,4-5,7-8,10-11H2,1H3. The summed E-state index contributed by atoms with van der Waals surface area (Å²) in [6.45, 7) is 5.51. The predicted octanol–water partition coefficient (Wildman–Crippen LogP) is 1.25. The number of likely N-dealkylation sites (tertiary alicyclic amines) is 1. The molecule has 0 amide bonds. The molecule has 3 rings (SSSR count). The van der Waals surface area contributed by atoms with Crippen LogP contribution in [0.4, 0.5) is 0 Å². The van der Waals surface area contributed by atoms with E-state index < -0.39 is 0 Å². The number of hydrogen-bond donors (Lipinski definition) is 0. The first-order valence-electron chi connectivity index (χ1n) is 7.72. The second-order valence-corrected chi connectivity index (χ2v) is 5.97. The van der Waals surface area contributed by atoms with Crippen molar-refractivity contribution in [2.75, 3.05) is 13.1 Å². The highest BCUT2D eigenvalue weighted by Crippen LogP contribution is 2.19. The van der Waals surface area contributed by atoms with Crippen molar-refractivity contribution in [3.05, 3.63) is 52.5 Å². The quantitative estimate of drug-likeness (QED) is 0.850. The normalized spacial score (nSPS) is 16.8. The fourth-order valence-electron chi connectivity index (χ4n) is 2.94. The summed E-state index contributed by atoms with van der Waals surface area (Å²) in [4.78, 5) is 18.6. The van der Waals surface area contributed by atoms with Crippen LogP contribution in [0.2, 0.25) is 0 Å². The first kappa shape index (κ1) is 14.8. The van der Waals surface area contributed by atoms with Crippen LogP contribution in [0.15, 0.2) is 35.6 Å². The van der Waals surface area contributed by atoms with Crippen LogP contribution < -0.4 is 5.56 Å². The van der Waals surface area contributed by atoms with Crippen LogP contribution in [-0.4, -0.2) is 37.7 Å². The molecule has 6 nitrogen and oxygen atoms in total. The van der Waals surface area contributed by atoms with Gasteiger partial charge in [0.15, 0.2) is 0 Å². The first-order chi connectivity index (χ1) is 10.7. The maximum Gasteiger partial charge on any atom is 0.256 e. The summed E-state index contributed by atoms with van der Waals surface area (Å²) in [5.74, 6) is 0.541. The molecule has 0 saturated carbocycles.